The Balaban J connectivity index is 1.30. The van der Waals surface area contributed by atoms with Crippen LogP contribution < -0.4 is 10.2 Å². The molecule has 7 rings (SSSR count). The smallest absolute Gasteiger partial charge is 0.161 e. The van der Waals surface area contributed by atoms with E-state index < -0.39 is 0 Å². The van der Waals surface area contributed by atoms with Crippen LogP contribution in [0.4, 0.5) is 10.1 Å². The van der Waals surface area contributed by atoms with Crippen molar-refractivity contribution in [3.8, 4) is 28.3 Å². The highest BCUT2D eigenvalue weighted by molar-refractivity contribution is 5.72. The Morgan fingerprint density at radius 1 is 1.00 bits per heavy atom. The van der Waals surface area contributed by atoms with Gasteiger partial charge in [-0.2, -0.15) is 0 Å². The minimum absolute atomic E-state index is 0.215. The van der Waals surface area contributed by atoms with Gasteiger partial charge in [-0.25, -0.2) is 9.37 Å². The van der Waals surface area contributed by atoms with Gasteiger partial charge in [0.15, 0.2) is 5.82 Å². The first-order valence-corrected chi connectivity index (χ1v) is 11.3. The van der Waals surface area contributed by atoms with E-state index in [1.807, 2.05) is 24.5 Å². The average molecular weight is 426 g/mol. The fraction of sp³-hybridized carbons (Fsp3) is 0.269. The summed E-state index contributed by atoms with van der Waals surface area (Å²) in [6.07, 6.45) is 7.33. The molecule has 0 unspecified atom stereocenters. The quantitative estimate of drug-likeness (QED) is 0.458. The van der Waals surface area contributed by atoms with Crippen molar-refractivity contribution >= 4 is 5.69 Å². The molecule has 5 nitrogen and oxygen atoms in total. The summed E-state index contributed by atoms with van der Waals surface area (Å²) < 4.78 is 17.9. The normalized spacial score (nSPS) is 18.1. The first-order valence-electron chi connectivity index (χ1n) is 11.3. The third kappa shape index (κ3) is 2.69. The average Bonchev–Trinajstić information content (AvgIpc) is 3.51. The monoisotopic (exact) mass is 425 g/mol. The van der Waals surface area contributed by atoms with Gasteiger partial charge in [0.25, 0.3) is 0 Å². The standard InChI is InChI=1S/C26H24FN5/c27-21-3-1-18(2-4-21)19-12-24-25-29-8-10-32(25)23-6-5-22(11-20(23)14-31(24)13-19)30-9-7-26(17-30)15-28-16-26/h1-6,8,10-13,28H,7,9,14-17H2. The van der Waals surface area contributed by atoms with Gasteiger partial charge in [0, 0.05) is 68.0 Å². The fourth-order valence-electron chi connectivity index (χ4n) is 5.55. The lowest BCUT2D eigenvalue weighted by molar-refractivity contribution is 0.200. The van der Waals surface area contributed by atoms with Gasteiger partial charge in [-0.15, -0.1) is 0 Å². The fourth-order valence-corrected chi connectivity index (χ4v) is 5.55. The summed E-state index contributed by atoms with van der Waals surface area (Å²) in [6, 6.07) is 15.7. The second-order valence-corrected chi connectivity index (χ2v) is 9.46. The molecular formula is C26H24FN5. The number of aromatic nitrogens is 3. The number of imidazole rings is 1. The van der Waals surface area contributed by atoms with Crippen molar-refractivity contribution in [1.82, 2.24) is 19.4 Å². The van der Waals surface area contributed by atoms with Crippen molar-refractivity contribution in [2.45, 2.75) is 13.0 Å². The van der Waals surface area contributed by atoms with Crippen LogP contribution in [0.3, 0.4) is 0 Å². The zero-order chi connectivity index (χ0) is 21.3. The second-order valence-electron chi connectivity index (χ2n) is 9.46. The molecule has 1 N–H and O–H groups in total. The molecule has 6 heteroatoms. The molecule has 0 radical (unpaired) electrons. The van der Waals surface area contributed by atoms with Gasteiger partial charge in [0.05, 0.1) is 11.4 Å². The van der Waals surface area contributed by atoms with Crippen LogP contribution in [-0.4, -0.2) is 40.3 Å². The molecule has 0 saturated carbocycles. The zero-order valence-corrected chi connectivity index (χ0v) is 17.8. The number of benzene rings is 2. The van der Waals surface area contributed by atoms with E-state index in [1.54, 1.807) is 0 Å². The molecule has 3 aliphatic rings. The Labute approximate surface area is 186 Å². The van der Waals surface area contributed by atoms with Crippen LogP contribution in [0.2, 0.25) is 0 Å². The third-order valence-electron chi connectivity index (χ3n) is 7.41. The number of nitrogens with one attached hydrogen (secondary N) is 1. The maximum atomic E-state index is 13.4. The van der Waals surface area contributed by atoms with E-state index in [2.05, 4.69) is 54.8 Å². The predicted molar refractivity (Wildman–Crippen MR) is 124 cm³/mol. The van der Waals surface area contributed by atoms with Crippen LogP contribution in [0.1, 0.15) is 12.0 Å². The van der Waals surface area contributed by atoms with E-state index in [4.69, 9.17) is 0 Å². The van der Waals surface area contributed by atoms with Crippen LogP contribution in [0.25, 0.3) is 28.3 Å². The molecule has 0 bridgehead atoms. The van der Waals surface area contributed by atoms with Gasteiger partial charge in [0.2, 0.25) is 0 Å². The van der Waals surface area contributed by atoms with E-state index in [9.17, 15) is 4.39 Å². The van der Waals surface area contributed by atoms with E-state index in [0.717, 1.165) is 55.4 Å². The van der Waals surface area contributed by atoms with Crippen LogP contribution in [-0.2, 0) is 6.54 Å². The van der Waals surface area contributed by atoms with Gasteiger partial charge >= 0.3 is 0 Å². The molecule has 32 heavy (non-hydrogen) atoms. The molecule has 4 aromatic rings. The molecule has 0 atom stereocenters. The Kier molecular flexibility index (Phi) is 3.73. The molecule has 2 aromatic carbocycles. The zero-order valence-electron chi connectivity index (χ0n) is 17.8. The van der Waals surface area contributed by atoms with Gasteiger partial charge in [-0.05, 0) is 53.9 Å². The molecule has 0 amide bonds. The maximum absolute atomic E-state index is 13.4. The van der Waals surface area contributed by atoms with Crippen LogP contribution in [0.5, 0.6) is 0 Å². The van der Waals surface area contributed by atoms with Crippen LogP contribution in [0.15, 0.2) is 67.1 Å². The minimum Gasteiger partial charge on any atom is -0.371 e. The molecule has 0 aliphatic carbocycles. The number of hydrogen-bond donors (Lipinski definition) is 1. The molecule has 5 heterocycles. The highest BCUT2D eigenvalue weighted by atomic mass is 19.1. The van der Waals surface area contributed by atoms with Gasteiger partial charge in [-0.3, -0.25) is 4.57 Å². The molecule has 2 saturated heterocycles. The van der Waals surface area contributed by atoms with Crippen molar-refractivity contribution in [3.63, 3.8) is 0 Å². The summed E-state index contributed by atoms with van der Waals surface area (Å²) >= 11 is 0. The van der Waals surface area contributed by atoms with Gasteiger partial charge in [-0.1, -0.05) is 12.1 Å². The Morgan fingerprint density at radius 3 is 2.66 bits per heavy atom. The van der Waals surface area contributed by atoms with E-state index in [-0.39, 0.29) is 5.82 Å². The van der Waals surface area contributed by atoms with Crippen LogP contribution >= 0.6 is 0 Å². The van der Waals surface area contributed by atoms with E-state index in [0.29, 0.717) is 5.41 Å². The summed E-state index contributed by atoms with van der Waals surface area (Å²) in [4.78, 5) is 7.22. The van der Waals surface area contributed by atoms with Crippen molar-refractivity contribution in [2.24, 2.45) is 5.41 Å². The van der Waals surface area contributed by atoms with Crippen molar-refractivity contribution < 1.29 is 4.39 Å². The topological polar surface area (TPSA) is 38.0 Å². The molecular weight excluding hydrogens is 401 g/mol. The van der Waals surface area contributed by atoms with Crippen LogP contribution in [0, 0.1) is 11.2 Å². The first kappa shape index (κ1) is 18.2. The lowest BCUT2D eigenvalue weighted by atomic mass is 9.81. The number of halogens is 1. The first-order chi connectivity index (χ1) is 15.7. The number of anilines is 1. The highest BCUT2D eigenvalue weighted by Crippen LogP contribution is 2.39. The Hall–Kier alpha value is -3.38. The van der Waals surface area contributed by atoms with Gasteiger partial charge < -0.3 is 14.8 Å². The number of rotatable bonds is 2. The maximum Gasteiger partial charge on any atom is 0.161 e. The molecule has 1 spiro atoms. The predicted octanol–water partition coefficient (Wildman–Crippen LogP) is 4.31. The lowest BCUT2D eigenvalue weighted by Gasteiger charge is -2.39. The number of hydrogen-bond acceptors (Lipinski definition) is 3. The summed E-state index contributed by atoms with van der Waals surface area (Å²) in [5, 5.41) is 3.45. The minimum atomic E-state index is -0.215. The van der Waals surface area contributed by atoms with E-state index in [1.165, 1.54) is 35.5 Å². The summed E-state index contributed by atoms with van der Waals surface area (Å²) in [5.74, 6) is 0.721. The molecule has 2 aromatic heterocycles. The second kappa shape index (κ2) is 6.56. The number of nitrogens with zero attached hydrogens (tertiary/aromatic N) is 4. The van der Waals surface area contributed by atoms with Crippen molar-refractivity contribution in [3.05, 3.63) is 78.5 Å². The highest BCUT2D eigenvalue weighted by Gasteiger charge is 2.43. The number of fused-ring (bicyclic) bond motifs is 5. The molecule has 160 valence electrons. The molecule has 2 fully saturated rings. The molecule has 3 aliphatic heterocycles. The lowest BCUT2D eigenvalue weighted by Crippen LogP contribution is -2.54. The van der Waals surface area contributed by atoms with E-state index >= 15 is 0 Å². The third-order valence-corrected chi connectivity index (χ3v) is 7.41. The summed E-state index contributed by atoms with van der Waals surface area (Å²) in [7, 11) is 0. The van der Waals surface area contributed by atoms with Gasteiger partial charge in [0.1, 0.15) is 5.82 Å². The summed E-state index contributed by atoms with van der Waals surface area (Å²) in [5.41, 5.74) is 7.42. The SMILES string of the molecule is Fc1ccc(-c2cc3n(c2)Cc2cc(N4CCC5(CNC5)C4)ccc2-n2ccnc2-3)cc1. The Bertz CT molecular complexity index is 1330. The van der Waals surface area contributed by atoms with Crippen molar-refractivity contribution in [2.75, 3.05) is 31.1 Å². The largest absolute Gasteiger partial charge is 0.371 e. The Morgan fingerprint density at radius 2 is 1.88 bits per heavy atom. The van der Waals surface area contributed by atoms with Crippen molar-refractivity contribution in [1.29, 1.82) is 0 Å². The summed E-state index contributed by atoms with van der Waals surface area (Å²) in [6.45, 7) is 5.33.